The van der Waals surface area contributed by atoms with Crippen LogP contribution in [0.25, 0.3) is 0 Å². The highest BCUT2D eigenvalue weighted by atomic mass is 79.9. The van der Waals surface area contributed by atoms with E-state index in [1.54, 1.807) is 0 Å². The van der Waals surface area contributed by atoms with Crippen LogP contribution >= 0.6 is 15.9 Å². The summed E-state index contributed by atoms with van der Waals surface area (Å²) in [5.74, 6) is 1.79. The smallest absolute Gasteiger partial charge is 0.143 e. The lowest BCUT2D eigenvalue weighted by Gasteiger charge is -2.45. The van der Waals surface area contributed by atoms with Crippen molar-refractivity contribution < 1.29 is 4.74 Å². The van der Waals surface area contributed by atoms with Gasteiger partial charge in [-0.05, 0) is 48.8 Å². The predicted molar refractivity (Wildman–Crippen MR) is 87.4 cm³/mol. The first-order chi connectivity index (χ1) is 9.49. The van der Waals surface area contributed by atoms with E-state index in [0.717, 1.165) is 21.8 Å². The van der Waals surface area contributed by atoms with Crippen molar-refractivity contribution in [2.45, 2.75) is 58.6 Å². The molecule has 110 valence electrons. The summed E-state index contributed by atoms with van der Waals surface area (Å²) in [5.41, 5.74) is 1.57. The molecule has 1 fully saturated rings. The molecule has 3 heteroatoms. The summed E-state index contributed by atoms with van der Waals surface area (Å²) in [7, 11) is 0. The molecule has 1 aromatic rings. The van der Waals surface area contributed by atoms with Gasteiger partial charge >= 0.3 is 0 Å². The standard InChI is InChI=1S/C17H24BrNO/c1-4-17(2,3)11-5-7-15-13(9-11)19-14-10-12(18)6-8-16(14)20-15/h6,8,10-11,13,15,19H,4-5,7,9H2,1-3H3. The number of nitrogens with one attached hydrogen (secondary N) is 1. The number of fused-ring (bicyclic) bond motifs is 2. The van der Waals surface area contributed by atoms with Gasteiger partial charge in [0.15, 0.2) is 0 Å². The third-order valence-electron chi connectivity index (χ3n) is 5.36. The number of hydrogen-bond acceptors (Lipinski definition) is 2. The van der Waals surface area contributed by atoms with Gasteiger partial charge in [0.1, 0.15) is 11.9 Å². The van der Waals surface area contributed by atoms with Crippen molar-refractivity contribution in [2.75, 3.05) is 5.32 Å². The molecule has 20 heavy (non-hydrogen) atoms. The van der Waals surface area contributed by atoms with Crippen molar-refractivity contribution in [2.24, 2.45) is 11.3 Å². The van der Waals surface area contributed by atoms with Gasteiger partial charge in [-0.15, -0.1) is 0 Å². The Hall–Kier alpha value is -0.700. The third kappa shape index (κ3) is 2.57. The minimum absolute atomic E-state index is 0.340. The summed E-state index contributed by atoms with van der Waals surface area (Å²) in [6, 6.07) is 6.69. The van der Waals surface area contributed by atoms with Crippen LogP contribution in [-0.2, 0) is 0 Å². The summed E-state index contributed by atoms with van der Waals surface area (Å²) in [4.78, 5) is 0. The molecule has 3 unspecified atom stereocenters. The van der Waals surface area contributed by atoms with Crippen LogP contribution in [-0.4, -0.2) is 12.1 Å². The maximum atomic E-state index is 6.20. The number of hydrogen-bond donors (Lipinski definition) is 1. The van der Waals surface area contributed by atoms with E-state index in [4.69, 9.17) is 4.74 Å². The highest BCUT2D eigenvalue weighted by molar-refractivity contribution is 9.10. The van der Waals surface area contributed by atoms with Crippen molar-refractivity contribution in [1.82, 2.24) is 0 Å². The summed E-state index contributed by atoms with van der Waals surface area (Å²) in [5, 5.41) is 3.71. The lowest BCUT2D eigenvalue weighted by molar-refractivity contribution is 0.0612. The maximum Gasteiger partial charge on any atom is 0.143 e. The number of anilines is 1. The average Bonchev–Trinajstić information content (AvgIpc) is 2.44. The highest BCUT2D eigenvalue weighted by Gasteiger charge is 2.40. The molecule has 0 amide bonds. The normalized spacial score (nSPS) is 28.9. The first-order valence-electron chi connectivity index (χ1n) is 7.72. The molecule has 1 saturated carbocycles. The fourth-order valence-electron chi connectivity index (χ4n) is 3.51. The highest BCUT2D eigenvalue weighted by Crippen LogP contribution is 2.45. The molecular weight excluding hydrogens is 314 g/mol. The predicted octanol–water partition coefficient (Wildman–Crippen LogP) is 5.23. The van der Waals surface area contributed by atoms with Gasteiger partial charge in [0.05, 0.1) is 11.7 Å². The van der Waals surface area contributed by atoms with Gasteiger partial charge in [0.2, 0.25) is 0 Å². The zero-order valence-corrected chi connectivity index (χ0v) is 14.2. The van der Waals surface area contributed by atoms with E-state index in [-0.39, 0.29) is 0 Å². The van der Waals surface area contributed by atoms with E-state index in [1.807, 2.05) is 6.07 Å². The van der Waals surface area contributed by atoms with Crippen molar-refractivity contribution in [3.63, 3.8) is 0 Å². The first-order valence-corrected chi connectivity index (χ1v) is 8.51. The summed E-state index contributed by atoms with van der Waals surface area (Å²) in [6.45, 7) is 7.13. The van der Waals surface area contributed by atoms with Gasteiger partial charge in [-0.1, -0.05) is 43.1 Å². The quantitative estimate of drug-likeness (QED) is 0.797. The largest absolute Gasteiger partial charge is 0.486 e. The van der Waals surface area contributed by atoms with E-state index in [9.17, 15) is 0 Å². The third-order valence-corrected chi connectivity index (χ3v) is 5.86. The topological polar surface area (TPSA) is 21.3 Å². The van der Waals surface area contributed by atoms with Crippen molar-refractivity contribution in [3.05, 3.63) is 22.7 Å². The molecule has 3 atom stereocenters. The number of benzene rings is 1. The molecule has 1 aliphatic heterocycles. The van der Waals surface area contributed by atoms with Crippen LogP contribution in [0.5, 0.6) is 5.75 Å². The van der Waals surface area contributed by atoms with Crippen LogP contribution < -0.4 is 10.1 Å². The lowest BCUT2D eigenvalue weighted by atomic mass is 9.67. The van der Waals surface area contributed by atoms with Crippen LogP contribution in [0, 0.1) is 11.3 Å². The molecular formula is C17H24BrNO. The zero-order valence-electron chi connectivity index (χ0n) is 12.6. The van der Waals surface area contributed by atoms with Crippen molar-refractivity contribution in [1.29, 1.82) is 0 Å². The molecule has 0 radical (unpaired) electrons. The Morgan fingerprint density at radius 3 is 2.90 bits per heavy atom. The van der Waals surface area contributed by atoms with E-state index in [2.05, 4.69) is 54.2 Å². The second kappa shape index (κ2) is 5.25. The Labute approximate surface area is 130 Å². The van der Waals surface area contributed by atoms with Gasteiger partial charge in [0, 0.05) is 4.47 Å². The molecule has 2 nitrogen and oxygen atoms in total. The molecule has 1 N–H and O–H groups in total. The van der Waals surface area contributed by atoms with Crippen LogP contribution in [0.1, 0.15) is 46.5 Å². The van der Waals surface area contributed by atoms with Gasteiger partial charge in [-0.3, -0.25) is 0 Å². The van der Waals surface area contributed by atoms with E-state index < -0.39 is 0 Å². The number of ether oxygens (including phenoxy) is 1. The molecule has 0 saturated heterocycles. The van der Waals surface area contributed by atoms with Crippen LogP contribution in [0.3, 0.4) is 0 Å². The Morgan fingerprint density at radius 2 is 2.15 bits per heavy atom. The van der Waals surface area contributed by atoms with E-state index >= 15 is 0 Å². The van der Waals surface area contributed by atoms with Gasteiger partial charge in [-0.25, -0.2) is 0 Å². The lowest BCUT2D eigenvalue weighted by Crippen LogP contribution is -2.48. The minimum Gasteiger partial charge on any atom is -0.486 e. The van der Waals surface area contributed by atoms with Crippen LogP contribution in [0.2, 0.25) is 0 Å². The number of rotatable bonds is 2. The fraction of sp³-hybridized carbons (Fsp3) is 0.647. The van der Waals surface area contributed by atoms with Crippen molar-refractivity contribution in [3.8, 4) is 5.75 Å². The van der Waals surface area contributed by atoms with Gasteiger partial charge in [0.25, 0.3) is 0 Å². The molecule has 0 spiro atoms. The second-order valence-corrected chi connectivity index (χ2v) is 7.82. The molecule has 1 heterocycles. The number of halogens is 1. The Bertz CT molecular complexity index is 500. The van der Waals surface area contributed by atoms with E-state index in [1.165, 1.54) is 25.7 Å². The van der Waals surface area contributed by atoms with Gasteiger partial charge < -0.3 is 10.1 Å². The second-order valence-electron chi connectivity index (χ2n) is 6.90. The zero-order chi connectivity index (χ0) is 14.3. The van der Waals surface area contributed by atoms with E-state index in [0.29, 0.717) is 17.6 Å². The molecule has 2 aliphatic rings. The average molecular weight is 338 g/mol. The minimum atomic E-state index is 0.340. The monoisotopic (exact) mass is 337 g/mol. The summed E-state index contributed by atoms with van der Waals surface area (Å²) >= 11 is 3.54. The molecule has 1 aliphatic carbocycles. The molecule has 3 rings (SSSR count). The van der Waals surface area contributed by atoms with Crippen molar-refractivity contribution >= 4 is 21.6 Å². The van der Waals surface area contributed by atoms with Crippen LogP contribution in [0.4, 0.5) is 5.69 Å². The first kappa shape index (κ1) is 14.2. The Morgan fingerprint density at radius 1 is 1.35 bits per heavy atom. The Balaban J connectivity index is 1.78. The fourth-order valence-corrected chi connectivity index (χ4v) is 3.88. The molecule has 1 aromatic carbocycles. The molecule has 0 aromatic heterocycles. The SMILES string of the molecule is CCC(C)(C)C1CCC2Oc3ccc(Br)cc3NC2C1. The Kier molecular flexibility index (Phi) is 3.74. The maximum absolute atomic E-state index is 6.20. The summed E-state index contributed by atoms with van der Waals surface area (Å²) < 4.78 is 7.31. The summed E-state index contributed by atoms with van der Waals surface area (Å²) in [6.07, 6.45) is 5.26. The van der Waals surface area contributed by atoms with Crippen LogP contribution in [0.15, 0.2) is 22.7 Å². The van der Waals surface area contributed by atoms with Gasteiger partial charge in [-0.2, -0.15) is 0 Å². The molecule has 0 bridgehead atoms.